The van der Waals surface area contributed by atoms with Gasteiger partial charge in [-0.25, -0.2) is 0 Å². The Morgan fingerprint density at radius 1 is 1.05 bits per heavy atom. The van der Waals surface area contributed by atoms with Crippen molar-refractivity contribution < 1.29 is 4.79 Å². The minimum Gasteiger partial charge on any atom is -0.352 e. The minimum atomic E-state index is -0.347. The fourth-order valence-electron chi connectivity index (χ4n) is 2.52. The molecular formula is C16H14Cl2N2O. The first-order valence-corrected chi connectivity index (χ1v) is 7.43. The maximum absolute atomic E-state index is 11.9. The summed E-state index contributed by atoms with van der Waals surface area (Å²) in [7, 11) is 0. The number of carbonyl (C=O) groups excluding carboxylic acids is 1. The van der Waals surface area contributed by atoms with Crippen molar-refractivity contribution in [3.8, 4) is 0 Å². The summed E-state index contributed by atoms with van der Waals surface area (Å²) >= 11 is 12.0. The summed E-state index contributed by atoms with van der Waals surface area (Å²) in [5.41, 5.74) is 9.78. The van der Waals surface area contributed by atoms with Crippen LogP contribution in [-0.2, 0) is 6.42 Å². The number of benzene rings is 2. The van der Waals surface area contributed by atoms with Crippen LogP contribution in [0.1, 0.15) is 33.1 Å². The monoisotopic (exact) mass is 320 g/mol. The zero-order valence-electron chi connectivity index (χ0n) is 11.2. The zero-order valence-corrected chi connectivity index (χ0v) is 12.7. The molecule has 21 heavy (non-hydrogen) atoms. The number of hydrogen-bond acceptors (Lipinski definition) is 2. The molecule has 1 aliphatic rings. The van der Waals surface area contributed by atoms with Crippen LogP contribution in [0.2, 0.25) is 10.0 Å². The quantitative estimate of drug-likeness (QED) is 0.891. The lowest BCUT2D eigenvalue weighted by Gasteiger charge is -2.20. The van der Waals surface area contributed by atoms with Gasteiger partial charge in [-0.1, -0.05) is 41.4 Å². The van der Waals surface area contributed by atoms with Gasteiger partial charge >= 0.3 is 0 Å². The van der Waals surface area contributed by atoms with E-state index in [1.807, 2.05) is 24.3 Å². The molecule has 0 bridgehead atoms. The molecule has 0 spiro atoms. The Balaban J connectivity index is 1.98. The Hall–Kier alpha value is -1.55. The second kappa shape index (κ2) is 5.68. The van der Waals surface area contributed by atoms with Crippen molar-refractivity contribution in [1.82, 2.24) is 5.32 Å². The highest BCUT2D eigenvalue weighted by Crippen LogP contribution is 2.29. The lowest BCUT2D eigenvalue weighted by molar-refractivity contribution is 0.0946. The SMILES string of the molecule is NC(c1ccc(Cl)c(Cl)c1)c1ccc2c(c1)C(=O)NCC2. The second-order valence-electron chi connectivity index (χ2n) is 5.07. The van der Waals surface area contributed by atoms with Crippen LogP contribution in [0.25, 0.3) is 0 Å². The second-order valence-corrected chi connectivity index (χ2v) is 5.89. The van der Waals surface area contributed by atoms with Crippen LogP contribution in [0.15, 0.2) is 36.4 Å². The molecule has 2 aromatic carbocycles. The smallest absolute Gasteiger partial charge is 0.251 e. The van der Waals surface area contributed by atoms with Gasteiger partial charge in [0.2, 0.25) is 0 Å². The average molecular weight is 321 g/mol. The third kappa shape index (κ3) is 2.77. The first-order chi connectivity index (χ1) is 10.1. The van der Waals surface area contributed by atoms with Crippen molar-refractivity contribution in [3.63, 3.8) is 0 Å². The largest absolute Gasteiger partial charge is 0.352 e. The van der Waals surface area contributed by atoms with Gasteiger partial charge in [-0.2, -0.15) is 0 Å². The van der Waals surface area contributed by atoms with E-state index in [-0.39, 0.29) is 11.9 Å². The number of carbonyl (C=O) groups is 1. The molecule has 3 nitrogen and oxygen atoms in total. The lowest BCUT2D eigenvalue weighted by Crippen LogP contribution is -2.32. The normalized spacial score (nSPS) is 15.3. The van der Waals surface area contributed by atoms with Crippen LogP contribution in [0.5, 0.6) is 0 Å². The summed E-state index contributed by atoms with van der Waals surface area (Å²) in [6, 6.07) is 10.8. The average Bonchev–Trinajstić information content (AvgIpc) is 2.49. The molecule has 0 radical (unpaired) electrons. The van der Waals surface area contributed by atoms with Gasteiger partial charge in [0.15, 0.2) is 0 Å². The Morgan fingerprint density at radius 3 is 2.52 bits per heavy atom. The van der Waals surface area contributed by atoms with Crippen LogP contribution >= 0.6 is 23.2 Å². The number of nitrogens with two attached hydrogens (primary N) is 1. The van der Waals surface area contributed by atoms with Gasteiger partial charge in [0.25, 0.3) is 5.91 Å². The third-order valence-electron chi connectivity index (χ3n) is 3.72. The highest BCUT2D eigenvalue weighted by molar-refractivity contribution is 6.42. The molecular weight excluding hydrogens is 307 g/mol. The summed E-state index contributed by atoms with van der Waals surface area (Å²) in [5, 5.41) is 3.81. The number of halogens is 2. The molecule has 0 saturated carbocycles. The molecule has 3 rings (SSSR count). The van der Waals surface area contributed by atoms with E-state index >= 15 is 0 Å². The van der Waals surface area contributed by atoms with E-state index in [1.54, 1.807) is 12.1 Å². The Kier molecular flexibility index (Phi) is 3.89. The minimum absolute atomic E-state index is 0.0422. The summed E-state index contributed by atoms with van der Waals surface area (Å²) in [5.74, 6) is -0.0422. The van der Waals surface area contributed by atoms with E-state index in [0.29, 0.717) is 22.2 Å². The van der Waals surface area contributed by atoms with Crippen LogP contribution in [0, 0.1) is 0 Å². The standard InChI is InChI=1S/C16H14Cl2N2O/c17-13-4-3-11(8-14(13)18)15(19)10-2-1-9-5-6-20-16(21)12(9)7-10/h1-4,7-8,15H,5-6,19H2,(H,20,21). The van der Waals surface area contributed by atoms with E-state index in [1.165, 1.54) is 0 Å². The van der Waals surface area contributed by atoms with Crippen molar-refractivity contribution in [2.45, 2.75) is 12.5 Å². The molecule has 0 saturated heterocycles. The molecule has 1 heterocycles. The third-order valence-corrected chi connectivity index (χ3v) is 4.46. The Morgan fingerprint density at radius 2 is 1.76 bits per heavy atom. The van der Waals surface area contributed by atoms with E-state index in [0.717, 1.165) is 23.1 Å². The predicted octanol–water partition coefficient (Wildman–Crippen LogP) is 3.33. The highest BCUT2D eigenvalue weighted by atomic mass is 35.5. The lowest BCUT2D eigenvalue weighted by atomic mass is 9.93. The van der Waals surface area contributed by atoms with E-state index in [9.17, 15) is 4.79 Å². The van der Waals surface area contributed by atoms with Gasteiger partial charge in [0.1, 0.15) is 0 Å². The van der Waals surface area contributed by atoms with Gasteiger partial charge in [0.05, 0.1) is 16.1 Å². The van der Waals surface area contributed by atoms with Gasteiger partial charge < -0.3 is 11.1 Å². The fourth-order valence-corrected chi connectivity index (χ4v) is 2.83. The number of rotatable bonds is 2. The van der Waals surface area contributed by atoms with E-state index < -0.39 is 0 Å². The van der Waals surface area contributed by atoms with E-state index in [4.69, 9.17) is 28.9 Å². The molecule has 0 aliphatic carbocycles. The van der Waals surface area contributed by atoms with Gasteiger partial charge in [-0.15, -0.1) is 0 Å². The number of fused-ring (bicyclic) bond motifs is 1. The Bertz CT molecular complexity index is 715. The van der Waals surface area contributed by atoms with Crippen LogP contribution in [0.3, 0.4) is 0 Å². The maximum Gasteiger partial charge on any atom is 0.251 e. The predicted molar refractivity (Wildman–Crippen MR) is 85.0 cm³/mol. The number of hydrogen-bond donors (Lipinski definition) is 2. The summed E-state index contributed by atoms with van der Waals surface area (Å²) in [6.07, 6.45) is 0.851. The molecule has 0 aromatic heterocycles. The summed E-state index contributed by atoms with van der Waals surface area (Å²) in [6.45, 7) is 0.685. The molecule has 1 unspecified atom stereocenters. The fraction of sp³-hybridized carbons (Fsp3) is 0.188. The molecule has 5 heteroatoms. The van der Waals surface area contributed by atoms with Crippen molar-refractivity contribution in [1.29, 1.82) is 0 Å². The van der Waals surface area contributed by atoms with Crippen molar-refractivity contribution in [2.24, 2.45) is 5.73 Å². The maximum atomic E-state index is 11.9. The first-order valence-electron chi connectivity index (χ1n) is 6.68. The van der Waals surface area contributed by atoms with Crippen LogP contribution in [-0.4, -0.2) is 12.5 Å². The molecule has 2 aromatic rings. The molecule has 3 N–H and O–H groups in total. The van der Waals surface area contributed by atoms with Gasteiger partial charge in [-0.05, 0) is 41.3 Å². The van der Waals surface area contributed by atoms with Crippen LogP contribution < -0.4 is 11.1 Å². The molecule has 1 amide bonds. The van der Waals surface area contributed by atoms with Crippen molar-refractivity contribution in [3.05, 3.63) is 68.7 Å². The molecule has 1 aliphatic heterocycles. The molecule has 0 fully saturated rings. The molecule has 1 atom stereocenters. The van der Waals surface area contributed by atoms with Crippen molar-refractivity contribution >= 4 is 29.1 Å². The van der Waals surface area contributed by atoms with E-state index in [2.05, 4.69) is 5.32 Å². The number of amides is 1. The van der Waals surface area contributed by atoms with Gasteiger partial charge in [0, 0.05) is 12.1 Å². The summed E-state index contributed by atoms with van der Waals surface area (Å²) in [4.78, 5) is 11.9. The zero-order chi connectivity index (χ0) is 15.0. The topological polar surface area (TPSA) is 55.1 Å². The molecule has 108 valence electrons. The first kappa shape index (κ1) is 14.4. The van der Waals surface area contributed by atoms with Gasteiger partial charge in [-0.3, -0.25) is 4.79 Å². The summed E-state index contributed by atoms with van der Waals surface area (Å²) < 4.78 is 0. The van der Waals surface area contributed by atoms with Crippen LogP contribution in [0.4, 0.5) is 0 Å². The van der Waals surface area contributed by atoms with Crippen molar-refractivity contribution in [2.75, 3.05) is 6.54 Å². The highest BCUT2D eigenvalue weighted by Gasteiger charge is 2.19. The number of nitrogens with one attached hydrogen (secondary N) is 1. The Labute approximate surface area is 133 Å².